The van der Waals surface area contributed by atoms with Gasteiger partial charge < -0.3 is 10.6 Å². The van der Waals surface area contributed by atoms with E-state index in [-0.39, 0.29) is 0 Å². The molecule has 2 rings (SSSR count). The molecular formula is C12H18Br2N4. The maximum atomic E-state index is 5.54. The predicted molar refractivity (Wildman–Crippen MR) is 82.0 cm³/mol. The van der Waals surface area contributed by atoms with Crippen LogP contribution in [0.3, 0.4) is 0 Å². The number of piperazine rings is 1. The summed E-state index contributed by atoms with van der Waals surface area (Å²) in [6.07, 6.45) is 2.93. The summed E-state index contributed by atoms with van der Waals surface area (Å²) in [5, 5.41) is 0. The van der Waals surface area contributed by atoms with Crippen molar-refractivity contribution in [1.29, 1.82) is 0 Å². The number of rotatable bonds is 4. The van der Waals surface area contributed by atoms with Gasteiger partial charge >= 0.3 is 0 Å². The summed E-state index contributed by atoms with van der Waals surface area (Å²) >= 11 is 7.00. The van der Waals surface area contributed by atoms with Crippen molar-refractivity contribution in [2.45, 2.75) is 6.42 Å². The molecule has 2 heterocycles. The second-order valence-electron chi connectivity index (χ2n) is 4.43. The highest BCUT2D eigenvalue weighted by atomic mass is 79.9. The first-order valence-electron chi connectivity index (χ1n) is 6.19. The van der Waals surface area contributed by atoms with Crippen LogP contribution in [0.4, 0.5) is 5.82 Å². The van der Waals surface area contributed by atoms with Gasteiger partial charge in [-0.2, -0.15) is 0 Å². The van der Waals surface area contributed by atoms with E-state index in [4.69, 9.17) is 5.73 Å². The Morgan fingerprint density at radius 3 is 2.56 bits per heavy atom. The van der Waals surface area contributed by atoms with E-state index < -0.39 is 0 Å². The lowest BCUT2D eigenvalue weighted by Crippen LogP contribution is -2.47. The summed E-state index contributed by atoms with van der Waals surface area (Å²) in [5.74, 6) is 1.04. The first-order chi connectivity index (χ1) is 8.70. The van der Waals surface area contributed by atoms with Gasteiger partial charge in [-0.15, -0.1) is 0 Å². The fourth-order valence-corrected chi connectivity index (χ4v) is 3.38. The van der Waals surface area contributed by atoms with Crippen LogP contribution in [0.2, 0.25) is 0 Å². The van der Waals surface area contributed by atoms with Crippen LogP contribution in [0, 0.1) is 0 Å². The Kier molecular flexibility index (Phi) is 5.41. The molecular weight excluding hydrogens is 360 g/mol. The van der Waals surface area contributed by atoms with Gasteiger partial charge in [-0.3, -0.25) is 4.90 Å². The van der Waals surface area contributed by atoms with Crippen LogP contribution in [-0.2, 0) is 0 Å². The molecule has 0 aromatic carbocycles. The smallest absolute Gasteiger partial charge is 0.143 e. The number of pyridine rings is 1. The van der Waals surface area contributed by atoms with Gasteiger partial charge in [0, 0.05) is 36.8 Å². The van der Waals surface area contributed by atoms with Crippen LogP contribution in [0.1, 0.15) is 6.42 Å². The maximum absolute atomic E-state index is 5.54. The van der Waals surface area contributed by atoms with E-state index in [0.717, 1.165) is 60.5 Å². The van der Waals surface area contributed by atoms with E-state index in [0.29, 0.717) is 0 Å². The molecule has 6 heteroatoms. The van der Waals surface area contributed by atoms with E-state index in [2.05, 4.69) is 46.6 Å². The van der Waals surface area contributed by atoms with E-state index in [9.17, 15) is 0 Å². The number of hydrogen-bond acceptors (Lipinski definition) is 4. The quantitative estimate of drug-likeness (QED) is 0.872. The van der Waals surface area contributed by atoms with Crippen molar-refractivity contribution < 1.29 is 0 Å². The first kappa shape index (κ1) is 14.2. The van der Waals surface area contributed by atoms with Crippen LogP contribution in [0.25, 0.3) is 0 Å². The standard InChI is InChI=1S/C12H18Br2N4/c13-10-8-11(14)12(16-9-10)18-6-4-17(5-7-18)3-1-2-15/h8-9H,1-7,15H2. The molecule has 4 nitrogen and oxygen atoms in total. The van der Waals surface area contributed by atoms with Gasteiger partial charge in [-0.05, 0) is 57.4 Å². The molecule has 0 spiro atoms. The molecule has 1 aliphatic heterocycles. The molecule has 2 N–H and O–H groups in total. The third-order valence-corrected chi connectivity index (χ3v) is 4.16. The lowest BCUT2D eigenvalue weighted by Gasteiger charge is -2.35. The summed E-state index contributed by atoms with van der Waals surface area (Å²) in [5.41, 5.74) is 5.54. The van der Waals surface area contributed by atoms with E-state index in [1.807, 2.05) is 12.3 Å². The van der Waals surface area contributed by atoms with Gasteiger partial charge in [0.1, 0.15) is 5.82 Å². The molecule has 1 aromatic heterocycles. The van der Waals surface area contributed by atoms with Crippen molar-refractivity contribution in [2.24, 2.45) is 5.73 Å². The number of hydrogen-bond donors (Lipinski definition) is 1. The molecule has 0 aliphatic carbocycles. The van der Waals surface area contributed by atoms with Crippen LogP contribution in [-0.4, -0.2) is 49.2 Å². The first-order valence-corrected chi connectivity index (χ1v) is 7.77. The molecule has 18 heavy (non-hydrogen) atoms. The molecule has 0 saturated carbocycles. The van der Waals surface area contributed by atoms with Crippen molar-refractivity contribution in [3.05, 3.63) is 21.2 Å². The lowest BCUT2D eigenvalue weighted by molar-refractivity contribution is 0.256. The topological polar surface area (TPSA) is 45.4 Å². The number of anilines is 1. The van der Waals surface area contributed by atoms with Gasteiger partial charge in [0.2, 0.25) is 0 Å². The summed E-state index contributed by atoms with van der Waals surface area (Å²) < 4.78 is 2.05. The Morgan fingerprint density at radius 1 is 1.22 bits per heavy atom. The zero-order valence-corrected chi connectivity index (χ0v) is 13.5. The van der Waals surface area contributed by atoms with Crippen LogP contribution in [0.5, 0.6) is 0 Å². The minimum Gasteiger partial charge on any atom is -0.353 e. The predicted octanol–water partition coefficient (Wildman–Crippen LogP) is 2.08. The SMILES string of the molecule is NCCCN1CCN(c2ncc(Br)cc2Br)CC1. The molecule has 1 saturated heterocycles. The lowest BCUT2D eigenvalue weighted by atomic mass is 10.3. The van der Waals surface area contributed by atoms with Gasteiger partial charge in [0.15, 0.2) is 0 Å². The third-order valence-electron chi connectivity index (χ3n) is 3.14. The summed E-state index contributed by atoms with van der Waals surface area (Å²) in [6, 6.07) is 2.04. The van der Waals surface area contributed by atoms with Crippen LogP contribution >= 0.6 is 31.9 Å². The highest BCUT2D eigenvalue weighted by Gasteiger charge is 2.19. The molecule has 1 aromatic rings. The van der Waals surface area contributed by atoms with E-state index in [1.165, 1.54) is 0 Å². The average molecular weight is 378 g/mol. The fraction of sp³-hybridized carbons (Fsp3) is 0.583. The molecule has 0 amide bonds. The largest absolute Gasteiger partial charge is 0.353 e. The van der Waals surface area contributed by atoms with Crippen molar-refractivity contribution >= 4 is 37.7 Å². The molecule has 0 atom stereocenters. The number of aromatic nitrogens is 1. The number of halogens is 2. The second-order valence-corrected chi connectivity index (χ2v) is 6.20. The normalized spacial score (nSPS) is 17.2. The Labute approximate surface area is 125 Å². The molecule has 1 aliphatic rings. The molecule has 0 unspecified atom stereocenters. The Balaban J connectivity index is 1.93. The summed E-state index contributed by atoms with van der Waals surface area (Å²) in [7, 11) is 0. The van der Waals surface area contributed by atoms with E-state index >= 15 is 0 Å². The third kappa shape index (κ3) is 3.66. The molecule has 0 bridgehead atoms. The molecule has 0 radical (unpaired) electrons. The fourth-order valence-electron chi connectivity index (χ4n) is 2.14. The minimum atomic E-state index is 0.778. The van der Waals surface area contributed by atoms with Gasteiger partial charge in [-0.25, -0.2) is 4.98 Å². The highest BCUT2D eigenvalue weighted by molar-refractivity contribution is 9.11. The highest BCUT2D eigenvalue weighted by Crippen LogP contribution is 2.27. The monoisotopic (exact) mass is 376 g/mol. The second kappa shape index (κ2) is 6.84. The zero-order chi connectivity index (χ0) is 13.0. The van der Waals surface area contributed by atoms with Crippen molar-refractivity contribution in [3.8, 4) is 0 Å². The summed E-state index contributed by atoms with van der Waals surface area (Å²) in [4.78, 5) is 9.28. The van der Waals surface area contributed by atoms with Crippen LogP contribution in [0.15, 0.2) is 21.2 Å². The Bertz CT molecular complexity index is 392. The zero-order valence-electron chi connectivity index (χ0n) is 10.3. The molecule has 1 fully saturated rings. The van der Waals surface area contributed by atoms with Crippen molar-refractivity contribution in [2.75, 3.05) is 44.2 Å². The Morgan fingerprint density at radius 2 is 1.94 bits per heavy atom. The average Bonchev–Trinajstić information content (AvgIpc) is 2.37. The number of nitrogens with two attached hydrogens (primary N) is 1. The van der Waals surface area contributed by atoms with Crippen LogP contribution < -0.4 is 10.6 Å². The van der Waals surface area contributed by atoms with Crippen molar-refractivity contribution in [1.82, 2.24) is 9.88 Å². The summed E-state index contributed by atoms with van der Waals surface area (Å²) in [6.45, 7) is 6.11. The Hall–Kier alpha value is -0.170. The number of nitrogens with zero attached hydrogens (tertiary/aromatic N) is 3. The van der Waals surface area contributed by atoms with Crippen molar-refractivity contribution in [3.63, 3.8) is 0 Å². The van der Waals surface area contributed by atoms with E-state index in [1.54, 1.807) is 0 Å². The van der Waals surface area contributed by atoms with Gasteiger partial charge in [0.05, 0.1) is 4.47 Å². The molecule has 100 valence electrons. The minimum absolute atomic E-state index is 0.778. The van der Waals surface area contributed by atoms with Gasteiger partial charge in [-0.1, -0.05) is 0 Å². The van der Waals surface area contributed by atoms with Gasteiger partial charge in [0.25, 0.3) is 0 Å². The maximum Gasteiger partial charge on any atom is 0.143 e.